The number of hydrogen-bond donors (Lipinski definition) is 2. The highest BCUT2D eigenvalue weighted by atomic mass is 16.1. The van der Waals surface area contributed by atoms with Crippen molar-refractivity contribution in [2.24, 2.45) is 11.5 Å². The van der Waals surface area contributed by atoms with Crippen LogP contribution in [-0.4, -0.2) is 21.6 Å². The smallest absolute Gasteiger partial charge is 0.269 e. The Morgan fingerprint density at radius 3 is 2.29 bits per heavy atom. The Hall–Kier alpha value is -4.19. The maximum Gasteiger partial charge on any atom is 0.269 e. The molecule has 0 aliphatic heterocycles. The van der Waals surface area contributed by atoms with Crippen molar-refractivity contribution in [1.82, 2.24) is 9.78 Å². The molecule has 0 saturated carbocycles. The Kier molecular flexibility index (Phi) is 5.49. The summed E-state index contributed by atoms with van der Waals surface area (Å²) in [6.07, 6.45) is 2.49. The van der Waals surface area contributed by atoms with Crippen LogP contribution in [0.1, 0.15) is 68.9 Å². The van der Waals surface area contributed by atoms with Crippen LogP contribution < -0.4 is 11.5 Å². The third-order valence-corrected chi connectivity index (χ3v) is 6.53. The summed E-state index contributed by atoms with van der Waals surface area (Å²) in [5.74, 6) is -1.36. The van der Waals surface area contributed by atoms with Crippen molar-refractivity contribution < 1.29 is 9.59 Å². The van der Waals surface area contributed by atoms with E-state index < -0.39 is 11.8 Å². The lowest BCUT2D eigenvalue weighted by atomic mass is 9.86. The number of nitrogens with two attached hydrogens (primary N) is 2. The average Bonchev–Trinajstić information content (AvgIpc) is 3.38. The van der Waals surface area contributed by atoms with Crippen LogP contribution in [0.4, 0.5) is 0 Å². The number of amides is 2. The Balaban J connectivity index is 1.89. The van der Waals surface area contributed by atoms with Crippen molar-refractivity contribution in [2.75, 3.05) is 0 Å². The van der Waals surface area contributed by atoms with Gasteiger partial charge in [0.2, 0.25) is 5.91 Å². The van der Waals surface area contributed by atoms with E-state index in [9.17, 15) is 9.59 Å². The van der Waals surface area contributed by atoms with Gasteiger partial charge in [-0.15, -0.1) is 0 Å². The third kappa shape index (κ3) is 3.39. The molecule has 34 heavy (non-hydrogen) atoms. The summed E-state index contributed by atoms with van der Waals surface area (Å²) < 4.78 is 1.82. The molecule has 1 aliphatic carbocycles. The van der Waals surface area contributed by atoms with Crippen LogP contribution in [0.2, 0.25) is 0 Å². The number of benzene rings is 3. The van der Waals surface area contributed by atoms with Crippen LogP contribution in [0, 0.1) is 0 Å². The van der Waals surface area contributed by atoms with E-state index >= 15 is 0 Å². The minimum atomic E-state index is -0.559. The summed E-state index contributed by atoms with van der Waals surface area (Å²) in [4.78, 5) is 25.1. The normalized spacial score (nSPS) is 14.0. The zero-order chi connectivity index (χ0) is 23.8. The van der Waals surface area contributed by atoms with Crippen LogP contribution in [0.5, 0.6) is 0 Å². The van der Waals surface area contributed by atoms with Crippen molar-refractivity contribution in [3.05, 3.63) is 106 Å². The monoisotopic (exact) mass is 450 g/mol. The van der Waals surface area contributed by atoms with E-state index in [1.165, 1.54) is 0 Å². The fourth-order valence-electron chi connectivity index (χ4n) is 5.08. The molecule has 1 atom stereocenters. The molecular formula is C28H26N4O2. The second kappa shape index (κ2) is 8.63. The number of unbranched alkanes of at least 4 members (excludes halogenated alkanes) is 1. The number of aromatic nitrogens is 2. The molecule has 6 nitrogen and oxygen atoms in total. The molecule has 1 heterocycles. The number of carbonyl (C=O) groups is 2. The maximum absolute atomic E-state index is 12.5. The van der Waals surface area contributed by atoms with Crippen molar-refractivity contribution in [3.63, 3.8) is 0 Å². The van der Waals surface area contributed by atoms with Gasteiger partial charge in [0.1, 0.15) is 0 Å². The zero-order valence-corrected chi connectivity index (χ0v) is 19.0. The molecule has 6 heteroatoms. The number of hydrogen-bond acceptors (Lipinski definition) is 3. The molecule has 4 N–H and O–H groups in total. The molecule has 5 rings (SSSR count). The highest BCUT2D eigenvalue weighted by Crippen LogP contribution is 2.50. The van der Waals surface area contributed by atoms with Gasteiger partial charge in [0, 0.05) is 11.1 Å². The second-order valence-corrected chi connectivity index (χ2v) is 8.58. The summed E-state index contributed by atoms with van der Waals surface area (Å²) >= 11 is 0. The molecule has 170 valence electrons. The van der Waals surface area contributed by atoms with Crippen LogP contribution >= 0.6 is 0 Å². The highest BCUT2D eigenvalue weighted by molar-refractivity contribution is 5.99. The molecule has 1 aliphatic rings. The first-order valence-electron chi connectivity index (χ1n) is 11.5. The molecule has 4 aromatic rings. The third-order valence-electron chi connectivity index (χ3n) is 6.53. The minimum Gasteiger partial charge on any atom is -0.366 e. The Morgan fingerprint density at radius 1 is 0.882 bits per heavy atom. The maximum atomic E-state index is 12.5. The number of rotatable bonds is 7. The summed E-state index contributed by atoms with van der Waals surface area (Å²) in [7, 11) is 0. The van der Waals surface area contributed by atoms with Crippen molar-refractivity contribution >= 4 is 11.8 Å². The summed E-state index contributed by atoms with van der Waals surface area (Å²) in [5.41, 5.74) is 18.8. The van der Waals surface area contributed by atoms with E-state index in [1.807, 2.05) is 59.3 Å². The SMILES string of the molecule is CCCCc1c(C(N)=O)nn(-c2ccccc2)c1C1c2ccccc2-c2cccc(C(N)=O)c21. The highest BCUT2D eigenvalue weighted by Gasteiger charge is 2.38. The van der Waals surface area contributed by atoms with Gasteiger partial charge in [-0.1, -0.05) is 67.9 Å². The number of para-hydroxylation sites is 1. The van der Waals surface area contributed by atoms with E-state index in [0.717, 1.165) is 52.0 Å². The van der Waals surface area contributed by atoms with Gasteiger partial charge in [0.15, 0.2) is 5.69 Å². The van der Waals surface area contributed by atoms with Crippen LogP contribution in [0.25, 0.3) is 16.8 Å². The molecule has 0 radical (unpaired) electrons. The summed E-state index contributed by atoms with van der Waals surface area (Å²) in [5, 5.41) is 4.72. The lowest BCUT2D eigenvalue weighted by molar-refractivity contribution is 0.0988. The van der Waals surface area contributed by atoms with Crippen molar-refractivity contribution in [1.29, 1.82) is 0 Å². The minimum absolute atomic E-state index is 0.273. The quantitative estimate of drug-likeness (QED) is 0.379. The van der Waals surface area contributed by atoms with E-state index in [0.29, 0.717) is 12.0 Å². The molecule has 1 unspecified atom stereocenters. The number of fused-ring (bicyclic) bond motifs is 3. The lowest BCUT2D eigenvalue weighted by Crippen LogP contribution is -2.18. The van der Waals surface area contributed by atoms with E-state index in [1.54, 1.807) is 6.07 Å². The fraction of sp³-hybridized carbons (Fsp3) is 0.179. The topological polar surface area (TPSA) is 104 Å². The van der Waals surface area contributed by atoms with Gasteiger partial charge < -0.3 is 11.5 Å². The van der Waals surface area contributed by atoms with Crippen molar-refractivity contribution in [3.8, 4) is 16.8 Å². The first kappa shape index (κ1) is 21.6. The first-order valence-corrected chi connectivity index (χ1v) is 11.5. The molecule has 0 fully saturated rings. The molecular weight excluding hydrogens is 424 g/mol. The summed E-state index contributed by atoms with van der Waals surface area (Å²) in [6.45, 7) is 2.11. The summed E-state index contributed by atoms with van der Waals surface area (Å²) in [6, 6.07) is 23.5. The molecule has 0 spiro atoms. The van der Waals surface area contributed by atoms with Crippen molar-refractivity contribution in [2.45, 2.75) is 32.1 Å². The Morgan fingerprint density at radius 2 is 1.59 bits per heavy atom. The number of carbonyl (C=O) groups excluding carboxylic acids is 2. The van der Waals surface area contributed by atoms with E-state index in [2.05, 4.69) is 19.1 Å². The van der Waals surface area contributed by atoms with Gasteiger partial charge in [-0.3, -0.25) is 9.59 Å². The van der Waals surface area contributed by atoms with Gasteiger partial charge in [0.25, 0.3) is 5.91 Å². The van der Waals surface area contributed by atoms with E-state index in [-0.39, 0.29) is 11.6 Å². The Labute approximate surface area is 198 Å². The average molecular weight is 451 g/mol. The number of nitrogens with zero attached hydrogens (tertiary/aromatic N) is 2. The van der Waals surface area contributed by atoms with E-state index in [4.69, 9.17) is 16.6 Å². The number of primary amides is 2. The predicted molar refractivity (Wildman–Crippen MR) is 132 cm³/mol. The van der Waals surface area contributed by atoms with Gasteiger partial charge in [-0.25, -0.2) is 4.68 Å². The van der Waals surface area contributed by atoms with Gasteiger partial charge in [0.05, 0.1) is 17.3 Å². The standard InChI is InChI=1S/C28H26N4O2/c1-2-3-12-22-25(28(30)34)31-32(17-10-5-4-6-11-17)26(22)24-20-14-8-7-13-18(20)19-15-9-16-21(23(19)24)27(29)33/h4-11,13-16,24H,2-3,12H2,1H3,(H2,29,33)(H2,30,34). The lowest BCUT2D eigenvalue weighted by Gasteiger charge is -2.20. The molecule has 2 amide bonds. The molecule has 0 bridgehead atoms. The second-order valence-electron chi connectivity index (χ2n) is 8.58. The predicted octanol–water partition coefficient (Wildman–Crippen LogP) is 4.57. The fourth-order valence-corrected chi connectivity index (χ4v) is 5.08. The van der Waals surface area contributed by atoms with Crippen LogP contribution in [-0.2, 0) is 6.42 Å². The first-order chi connectivity index (χ1) is 16.5. The Bertz CT molecular complexity index is 1410. The molecule has 1 aromatic heterocycles. The van der Waals surface area contributed by atoms with Gasteiger partial charge >= 0.3 is 0 Å². The molecule has 3 aromatic carbocycles. The zero-order valence-electron chi connectivity index (χ0n) is 19.0. The van der Waals surface area contributed by atoms with Crippen LogP contribution in [0.3, 0.4) is 0 Å². The van der Waals surface area contributed by atoms with Gasteiger partial charge in [-0.05, 0) is 53.3 Å². The largest absolute Gasteiger partial charge is 0.366 e. The van der Waals surface area contributed by atoms with Crippen LogP contribution in [0.15, 0.2) is 72.8 Å². The molecule has 0 saturated heterocycles. The van der Waals surface area contributed by atoms with Gasteiger partial charge in [-0.2, -0.15) is 5.10 Å².